The Morgan fingerprint density at radius 2 is 1.78 bits per heavy atom. The monoisotopic (exact) mass is 377 g/mol. The van der Waals surface area contributed by atoms with Crippen LogP contribution in [0, 0.1) is 0 Å². The molecule has 0 aliphatic rings. The van der Waals surface area contributed by atoms with E-state index in [1.165, 1.54) is 12.1 Å². The Balaban J connectivity index is 1.66. The predicted octanol–water partition coefficient (Wildman–Crippen LogP) is 3.97. The number of nitrogens with zero attached hydrogens (tertiary/aromatic N) is 2. The van der Waals surface area contributed by atoms with Crippen molar-refractivity contribution in [2.45, 2.75) is 13.2 Å². The number of hydrogen-bond donors (Lipinski definition) is 1. The molecule has 1 heterocycles. The fourth-order valence-electron chi connectivity index (χ4n) is 2.35. The summed E-state index contributed by atoms with van der Waals surface area (Å²) in [7, 11) is 3.11. The van der Waals surface area contributed by atoms with Gasteiger partial charge in [0.1, 0.15) is 17.2 Å². The second kappa shape index (κ2) is 8.35. The predicted molar refractivity (Wildman–Crippen MR) is 93.2 cm³/mol. The molecule has 0 aliphatic heterocycles. The quantitative estimate of drug-likeness (QED) is 0.636. The number of benzene rings is 2. The van der Waals surface area contributed by atoms with Crippen LogP contribution in [0.3, 0.4) is 0 Å². The van der Waals surface area contributed by atoms with E-state index in [1.54, 1.807) is 44.6 Å². The van der Waals surface area contributed by atoms with Gasteiger partial charge in [0, 0.05) is 11.8 Å². The standard InChI is InChI=1S/C18H17F2N3O4/c1-24-13-7-8-14(15(9-13)25-2)17-22-16(27-23-17)10-21-11-3-5-12(6-4-11)26-18(19)20/h3-9,18,21H,10H2,1-2H3. The first-order valence-electron chi connectivity index (χ1n) is 7.93. The van der Waals surface area contributed by atoms with Crippen molar-refractivity contribution in [3.63, 3.8) is 0 Å². The summed E-state index contributed by atoms with van der Waals surface area (Å²) in [6.07, 6.45) is 0. The zero-order chi connectivity index (χ0) is 19.2. The van der Waals surface area contributed by atoms with E-state index in [0.29, 0.717) is 34.5 Å². The molecule has 3 aromatic rings. The topological polar surface area (TPSA) is 78.6 Å². The summed E-state index contributed by atoms with van der Waals surface area (Å²) < 4.78 is 44.3. The zero-order valence-corrected chi connectivity index (χ0v) is 14.6. The number of aromatic nitrogens is 2. The molecule has 0 unspecified atom stereocenters. The maximum absolute atomic E-state index is 12.1. The molecule has 3 rings (SSSR count). The van der Waals surface area contributed by atoms with E-state index >= 15 is 0 Å². The minimum atomic E-state index is -2.85. The van der Waals surface area contributed by atoms with Gasteiger partial charge in [0.25, 0.3) is 0 Å². The molecule has 27 heavy (non-hydrogen) atoms. The molecule has 0 saturated heterocycles. The molecule has 1 N–H and O–H groups in total. The fourth-order valence-corrected chi connectivity index (χ4v) is 2.35. The minimum Gasteiger partial charge on any atom is -0.497 e. The van der Waals surface area contributed by atoms with Gasteiger partial charge in [-0.3, -0.25) is 0 Å². The second-order valence-electron chi connectivity index (χ2n) is 5.33. The number of alkyl halides is 2. The molecular formula is C18H17F2N3O4. The van der Waals surface area contributed by atoms with Crippen molar-refractivity contribution in [1.82, 2.24) is 10.1 Å². The van der Waals surface area contributed by atoms with E-state index in [2.05, 4.69) is 20.2 Å². The minimum absolute atomic E-state index is 0.0854. The molecule has 0 spiro atoms. The van der Waals surface area contributed by atoms with Gasteiger partial charge < -0.3 is 24.1 Å². The number of nitrogens with one attached hydrogen (secondary N) is 1. The van der Waals surface area contributed by atoms with Gasteiger partial charge in [-0.25, -0.2) is 0 Å². The number of anilines is 1. The Labute approximate surface area is 153 Å². The van der Waals surface area contributed by atoms with Gasteiger partial charge in [0.2, 0.25) is 11.7 Å². The normalized spacial score (nSPS) is 10.7. The van der Waals surface area contributed by atoms with E-state index in [1.807, 2.05) is 0 Å². The summed E-state index contributed by atoms with van der Waals surface area (Å²) >= 11 is 0. The van der Waals surface area contributed by atoms with Crippen molar-refractivity contribution in [1.29, 1.82) is 0 Å². The van der Waals surface area contributed by atoms with Crippen molar-refractivity contribution >= 4 is 5.69 Å². The molecule has 0 radical (unpaired) electrons. The first kappa shape index (κ1) is 18.4. The van der Waals surface area contributed by atoms with Crippen molar-refractivity contribution in [2.24, 2.45) is 0 Å². The molecule has 0 atom stereocenters. The Morgan fingerprint density at radius 3 is 2.44 bits per heavy atom. The highest BCUT2D eigenvalue weighted by Gasteiger charge is 2.14. The lowest BCUT2D eigenvalue weighted by Gasteiger charge is -2.07. The highest BCUT2D eigenvalue weighted by atomic mass is 19.3. The smallest absolute Gasteiger partial charge is 0.387 e. The molecule has 142 valence electrons. The van der Waals surface area contributed by atoms with Crippen molar-refractivity contribution in [2.75, 3.05) is 19.5 Å². The number of rotatable bonds is 8. The third-order valence-electron chi connectivity index (χ3n) is 3.64. The first-order valence-corrected chi connectivity index (χ1v) is 7.93. The maximum atomic E-state index is 12.1. The molecule has 0 amide bonds. The number of ether oxygens (including phenoxy) is 3. The first-order chi connectivity index (χ1) is 13.1. The van der Waals surface area contributed by atoms with Crippen LogP contribution >= 0.6 is 0 Å². The molecule has 2 aromatic carbocycles. The number of hydrogen-bond acceptors (Lipinski definition) is 7. The van der Waals surface area contributed by atoms with E-state index in [0.717, 1.165) is 0 Å². The highest BCUT2D eigenvalue weighted by Crippen LogP contribution is 2.31. The number of methoxy groups -OCH3 is 2. The molecular weight excluding hydrogens is 360 g/mol. The molecule has 0 aliphatic carbocycles. The maximum Gasteiger partial charge on any atom is 0.387 e. The lowest BCUT2D eigenvalue weighted by molar-refractivity contribution is -0.0498. The second-order valence-corrected chi connectivity index (χ2v) is 5.33. The summed E-state index contributed by atoms with van der Waals surface area (Å²) in [4.78, 5) is 4.33. The molecule has 0 bridgehead atoms. The number of halogens is 2. The average Bonchev–Trinajstić information content (AvgIpc) is 3.15. The Hall–Kier alpha value is -3.36. The highest BCUT2D eigenvalue weighted by molar-refractivity contribution is 5.65. The molecule has 0 saturated carbocycles. The van der Waals surface area contributed by atoms with E-state index in [9.17, 15) is 8.78 Å². The van der Waals surface area contributed by atoms with Crippen molar-refractivity contribution in [3.8, 4) is 28.6 Å². The van der Waals surface area contributed by atoms with Crippen LogP contribution in [0.5, 0.6) is 17.2 Å². The third kappa shape index (κ3) is 4.63. The van der Waals surface area contributed by atoms with E-state index in [4.69, 9.17) is 14.0 Å². The van der Waals surface area contributed by atoms with E-state index in [-0.39, 0.29) is 12.3 Å². The van der Waals surface area contributed by atoms with Crippen LogP contribution in [0.4, 0.5) is 14.5 Å². The van der Waals surface area contributed by atoms with Crippen LogP contribution in [0.25, 0.3) is 11.4 Å². The summed E-state index contributed by atoms with van der Waals surface area (Å²) in [5, 5.41) is 7.02. The van der Waals surface area contributed by atoms with Crippen LogP contribution in [-0.4, -0.2) is 31.0 Å². The van der Waals surface area contributed by atoms with E-state index < -0.39 is 6.61 Å². The third-order valence-corrected chi connectivity index (χ3v) is 3.64. The zero-order valence-electron chi connectivity index (χ0n) is 14.6. The van der Waals surface area contributed by atoms with Crippen LogP contribution in [0.1, 0.15) is 5.89 Å². The largest absolute Gasteiger partial charge is 0.497 e. The summed E-state index contributed by atoms with van der Waals surface area (Å²) in [5.41, 5.74) is 1.36. The average molecular weight is 377 g/mol. The van der Waals surface area contributed by atoms with Crippen LogP contribution in [0.15, 0.2) is 47.0 Å². The van der Waals surface area contributed by atoms with Gasteiger partial charge in [0.15, 0.2) is 0 Å². The summed E-state index contributed by atoms with van der Waals surface area (Å²) in [6, 6.07) is 11.4. The van der Waals surface area contributed by atoms with Gasteiger partial charge in [-0.1, -0.05) is 5.16 Å². The lowest BCUT2D eigenvalue weighted by Crippen LogP contribution is -2.02. The molecule has 7 nitrogen and oxygen atoms in total. The van der Waals surface area contributed by atoms with Gasteiger partial charge in [-0.15, -0.1) is 0 Å². The molecule has 9 heteroatoms. The van der Waals surface area contributed by atoms with Crippen LogP contribution in [-0.2, 0) is 6.54 Å². The van der Waals surface area contributed by atoms with Gasteiger partial charge in [0.05, 0.1) is 26.3 Å². The fraction of sp³-hybridized carbons (Fsp3) is 0.222. The van der Waals surface area contributed by atoms with Crippen LogP contribution in [0.2, 0.25) is 0 Å². The molecule has 1 aromatic heterocycles. The summed E-state index contributed by atoms with van der Waals surface area (Å²) in [6.45, 7) is -2.59. The van der Waals surface area contributed by atoms with Crippen molar-refractivity contribution in [3.05, 3.63) is 48.4 Å². The Bertz CT molecular complexity index is 885. The van der Waals surface area contributed by atoms with Gasteiger partial charge in [-0.2, -0.15) is 13.8 Å². The molecule has 0 fully saturated rings. The van der Waals surface area contributed by atoms with Gasteiger partial charge in [-0.05, 0) is 36.4 Å². The van der Waals surface area contributed by atoms with Crippen LogP contribution < -0.4 is 19.5 Å². The Kier molecular flexibility index (Phi) is 5.70. The van der Waals surface area contributed by atoms with Gasteiger partial charge >= 0.3 is 6.61 Å². The lowest BCUT2D eigenvalue weighted by atomic mass is 10.2. The Morgan fingerprint density at radius 1 is 1.04 bits per heavy atom. The summed E-state index contributed by atoms with van der Waals surface area (Å²) in [5.74, 6) is 2.04. The SMILES string of the molecule is COc1ccc(-c2noc(CNc3ccc(OC(F)F)cc3)n2)c(OC)c1. The van der Waals surface area contributed by atoms with Crippen molar-refractivity contribution < 1.29 is 27.5 Å².